The van der Waals surface area contributed by atoms with Crippen molar-refractivity contribution in [3.8, 4) is 0 Å². The Labute approximate surface area is 97.0 Å². The van der Waals surface area contributed by atoms with Crippen LogP contribution in [0.2, 0.25) is 0 Å². The number of aliphatic hydroxyl groups excluding tert-OH is 1. The first-order valence-corrected chi connectivity index (χ1v) is 6.49. The third-order valence-electron chi connectivity index (χ3n) is 3.78. The Balaban J connectivity index is 1.86. The lowest BCUT2D eigenvalue weighted by Crippen LogP contribution is -2.52. The maximum atomic E-state index is 12.0. The Kier molecular flexibility index (Phi) is 4.04. The molecule has 0 aromatic heterocycles. The maximum absolute atomic E-state index is 12.0. The summed E-state index contributed by atoms with van der Waals surface area (Å²) in [5.74, 6) is 0. The van der Waals surface area contributed by atoms with E-state index < -0.39 is 0 Å². The van der Waals surface area contributed by atoms with E-state index in [0.717, 1.165) is 38.6 Å². The number of carbonyl (C=O) groups is 1. The van der Waals surface area contributed by atoms with Gasteiger partial charge in [0.2, 0.25) is 0 Å². The molecule has 0 aromatic rings. The molecule has 92 valence electrons. The van der Waals surface area contributed by atoms with Crippen LogP contribution in [0.25, 0.3) is 0 Å². The third-order valence-corrected chi connectivity index (χ3v) is 3.78. The van der Waals surface area contributed by atoms with Crippen LogP contribution in [-0.4, -0.2) is 41.3 Å². The van der Waals surface area contributed by atoms with Crippen LogP contribution in [0, 0.1) is 0 Å². The summed E-state index contributed by atoms with van der Waals surface area (Å²) in [6, 6.07) is 0.439. The summed E-state index contributed by atoms with van der Waals surface area (Å²) in [5.41, 5.74) is 0. The average Bonchev–Trinajstić information content (AvgIpc) is 2.81. The minimum atomic E-state index is 0.0330. The number of nitrogens with zero attached hydrogens (tertiary/aromatic N) is 1. The van der Waals surface area contributed by atoms with Gasteiger partial charge in [-0.05, 0) is 32.1 Å². The fraction of sp³-hybridized carbons (Fsp3) is 0.917. The molecule has 2 fully saturated rings. The van der Waals surface area contributed by atoms with E-state index in [4.69, 9.17) is 0 Å². The molecule has 0 bridgehead atoms. The van der Waals surface area contributed by atoms with Gasteiger partial charge < -0.3 is 15.3 Å². The Bertz CT molecular complexity index is 239. The van der Waals surface area contributed by atoms with E-state index in [2.05, 4.69) is 5.32 Å². The number of aliphatic hydroxyl groups is 1. The zero-order chi connectivity index (χ0) is 11.4. The molecule has 1 aliphatic carbocycles. The molecule has 4 nitrogen and oxygen atoms in total. The van der Waals surface area contributed by atoms with Gasteiger partial charge in [0.15, 0.2) is 0 Å². The summed E-state index contributed by atoms with van der Waals surface area (Å²) in [4.78, 5) is 13.8. The first-order chi connectivity index (χ1) is 7.81. The predicted molar refractivity (Wildman–Crippen MR) is 62.2 cm³/mol. The number of rotatable bonds is 2. The van der Waals surface area contributed by atoms with Gasteiger partial charge in [-0.15, -0.1) is 0 Å². The molecule has 1 saturated heterocycles. The highest BCUT2D eigenvalue weighted by Crippen LogP contribution is 2.20. The molecular formula is C12H22N2O2. The van der Waals surface area contributed by atoms with Crippen molar-refractivity contribution in [2.75, 3.05) is 13.2 Å². The number of carbonyl (C=O) groups excluding carboxylic acids is 1. The molecule has 2 N–H and O–H groups in total. The SMILES string of the molecule is O=C(NC1CCCC1)N1CCCCC1CO. The monoisotopic (exact) mass is 226 g/mol. The fourth-order valence-electron chi connectivity index (χ4n) is 2.79. The number of hydrogen-bond donors (Lipinski definition) is 2. The maximum Gasteiger partial charge on any atom is 0.317 e. The van der Waals surface area contributed by atoms with Gasteiger partial charge in [0.05, 0.1) is 12.6 Å². The van der Waals surface area contributed by atoms with Gasteiger partial charge in [-0.1, -0.05) is 12.8 Å². The number of amides is 2. The van der Waals surface area contributed by atoms with Crippen molar-refractivity contribution < 1.29 is 9.90 Å². The normalized spacial score (nSPS) is 27.1. The Morgan fingerprint density at radius 1 is 1.19 bits per heavy atom. The lowest BCUT2D eigenvalue weighted by atomic mass is 10.0. The topological polar surface area (TPSA) is 52.6 Å². The Hall–Kier alpha value is -0.770. The van der Waals surface area contributed by atoms with Gasteiger partial charge in [-0.3, -0.25) is 0 Å². The van der Waals surface area contributed by atoms with E-state index >= 15 is 0 Å². The fourth-order valence-corrected chi connectivity index (χ4v) is 2.79. The van der Waals surface area contributed by atoms with Crippen molar-refractivity contribution in [3.05, 3.63) is 0 Å². The molecule has 1 aliphatic heterocycles. The van der Waals surface area contributed by atoms with Crippen molar-refractivity contribution in [1.82, 2.24) is 10.2 Å². The van der Waals surface area contributed by atoms with Crippen LogP contribution < -0.4 is 5.32 Å². The number of hydrogen-bond acceptors (Lipinski definition) is 2. The summed E-state index contributed by atoms with van der Waals surface area (Å²) in [5, 5.41) is 12.3. The van der Waals surface area contributed by atoms with Crippen LogP contribution in [-0.2, 0) is 0 Å². The standard InChI is InChI=1S/C12H22N2O2/c15-9-11-7-3-4-8-14(11)12(16)13-10-5-1-2-6-10/h10-11,15H,1-9H2,(H,13,16). The van der Waals surface area contributed by atoms with Gasteiger partial charge in [0.25, 0.3) is 0 Å². The molecule has 0 aromatic carbocycles. The number of piperidine rings is 1. The summed E-state index contributed by atoms with van der Waals surface area (Å²) in [7, 11) is 0. The van der Waals surface area contributed by atoms with Crippen LogP contribution in [0.5, 0.6) is 0 Å². The molecule has 0 radical (unpaired) electrons. The second-order valence-corrected chi connectivity index (χ2v) is 4.96. The Morgan fingerprint density at radius 3 is 2.56 bits per heavy atom. The molecule has 2 amide bonds. The molecule has 1 atom stereocenters. The predicted octanol–water partition coefficient (Wildman–Crippen LogP) is 1.49. The van der Waals surface area contributed by atoms with E-state index in [-0.39, 0.29) is 18.7 Å². The average molecular weight is 226 g/mol. The largest absolute Gasteiger partial charge is 0.394 e. The molecule has 1 saturated carbocycles. The van der Waals surface area contributed by atoms with Crippen LogP contribution >= 0.6 is 0 Å². The first kappa shape index (κ1) is 11.7. The zero-order valence-corrected chi connectivity index (χ0v) is 9.82. The molecular weight excluding hydrogens is 204 g/mol. The van der Waals surface area contributed by atoms with Crippen molar-refractivity contribution in [3.63, 3.8) is 0 Å². The van der Waals surface area contributed by atoms with Gasteiger partial charge in [-0.2, -0.15) is 0 Å². The Morgan fingerprint density at radius 2 is 1.88 bits per heavy atom. The van der Waals surface area contributed by atoms with Crippen LogP contribution in [0.1, 0.15) is 44.9 Å². The van der Waals surface area contributed by atoms with Gasteiger partial charge in [0, 0.05) is 12.6 Å². The van der Waals surface area contributed by atoms with E-state index in [1.54, 1.807) is 0 Å². The summed E-state index contributed by atoms with van der Waals surface area (Å²) in [6.07, 6.45) is 7.82. The zero-order valence-electron chi connectivity index (χ0n) is 9.82. The number of nitrogens with one attached hydrogen (secondary N) is 1. The van der Waals surface area contributed by atoms with E-state index in [1.165, 1.54) is 12.8 Å². The quantitative estimate of drug-likeness (QED) is 0.749. The molecule has 1 heterocycles. The highest BCUT2D eigenvalue weighted by Gasteiger charge is 2.27. The number of urea groups is 1. The second kappa shape index (κ2) is 5.53. The summed E-state index contributed by atoms with van der Waals surface area (Å²) in [6.45, 7) is 0.891. The smallest absolute Gasteiger partial charge is 0.317 e. The highest BCUT2D eigenvalue weighted by atomic mass is 16.3. The minimum absolute atomic E-state index is 0.0330. The molecule has 4 heteroatoms. The van der Waals surface area contributed by atoms with Gasteiger partial charge >= 0.3 is 6.03 Å². The molecule has 1 unspecified atom stereocenters. The molecule has 16 heavy (non-hydrogen) atoms. The van der Waals surface area contributed by atoms with Gasteiger partial charge in [0.1, 0.15) is 0 Å². The van der Waals surface area contributed by atoms with E-state index in [0.29, 0.717) is 6.04 Å². The highest BCUT2D eigenvalue weighted by molar-refractivity contribution is 5.75. The van der Waals surface area contributed by atoms with Crippen molar-refractivity contribution in [2.24, 2.45) is 0 Å². The van der Waals surface area contributed by atoms with Crippen molar-refractivity contribution in [1.29, 1.82) is 0 Å². The second-order valence-electron chi connectivity index (χ2n) is 4.96. The van der Waals surface area contributed by atoms with Gasteiger partial charge in [-0.25, -0.2) is 4.79 Å². The molecule has 2 aliphatic rings. The summed E-state index contributed by atoms with van der Waals surface area (Å²) < 4.78 is 0. The minimum Gasteiger partial charge on any atom is -0.394 e. The van der Waals surface area contributed by atoms with Crippen LogP contribution in [0.15, 0.2) is 0 Å². The molecule has 0 spiro atoms. The van der Waals surface area contributed by atoms with Crippen molar-refractivity contribution in [2.45, 2.75) is 57.0 Å². The molecule has 2 rings (SSSR count). The summed E-state index contributed by atoms with van der Waals surface area (Å²) >= 11 is 0. The lowest BCUT2D eigenvalue weighted by molar-refractivity contribution is 0.106. The lowest BCUT2D eigenvalue weighted by Gasteiger charge is -2.35. The van der Waals surface area contributed by atoms with Crippen molar-refractivity contribution >= 4 is 6.03 Å². The number of likely N-dealkylation sites (tertiary alicyclic amines) is 1. The van der Waals surface area contributed by atoms with Crippen LogP contribution in [0.3, 0.4) is 0 Å². The van der Waals surface area contributed by atoms with E-state index in [9.17, 15) is 9.90 Å². The van der Waals surface area contributed by atoms with E-state index in [1.807, 2.05) is 4.90 Å². The first-order valence-electron chi connectivity index (χ1n) is 6.49. The third kappa shape index (κ3) is 2.67. The van der Waals surface area contributed by atoms with Crippen LogP contribution in [0.4, 0.5) is 4.79 Å².